The number of rotatable bonds is 16. The molecule has 4 aromatic rings. The van der Waals surface area contributed by atoms with Crippen LogP contribution in [0.4, 0.5) is 0 Å². The number of hydrazine groups is 1. The fourth-order valence-corrected chi connectivity index (χ4v) is 5.94. The molecule has 1 aliphatic heterocycles. The second-order valence-corrected chi connectivity index (χ2v) is 12.0. The van der Waals surface area contributed by atoms with Crippen molar-refractivity contribution in [1.29, 1.82) is 0 Å². The van der Waals surface area contributed by atoms with Gasteiger partial charge in [0.2, 0.25) is 5.90 Å². The predicted molar refractivity (Wildman–Crippen MR) is 190 cm³/mol. The molecule has 250 valence electrons. The van der Waals surface area contributed by atoms with Crippen molar-refractivity contribution in [2.45, 2.75) is 30.9 Å². The highest BCUT2D eigenvalue weighted by Gasteiger charge is 2.53. The molecule has 1 amide bonds. The van der Waals surface area contributed by atoms with Gasteiger partial charge in [-0.05, 0) is 66.1 Å². The van der Waals surface area contributed by atoms with E-state index in [1.807, 2.05) is 109 Å². The third kappa shape index (κ3) is 8.44. The summed E-state index contributed by atoms with van der Waals surface area (Å²) in [6, 6.07) is 30.6. The molecule has 1 heterocycles. The molecule has 0 fully saturated rings. The Hall–Kier alpha value is -4.64. The summed E-state index contributed by atoms with van der Waals surface area (Å²) in [5, 5.41) is 9.08. The second kappa shape index (κ2) is 17.0. The highest BCUT2D eigenvalue weighted by molar-refractivity contribution is 9.10. The first kappa shape index (κ1) is 34.7. The van der Waals surface area contributed by atoms with Crippen molar-refractivity contribution < 1.29 is 28.8 Å². The molecule has 5 rings (SSSR count). The molecule has 0 spiro atoms. The van der Waals surface area contributed by atoms with Crippen LogP contribution in [0.5, 0.6) is 17.2 Å². The number of halogens is 1. The van der Waals surface area contributed by atoms with E-state index in [1.54, 1.807) is 14.2 Å². The smallest absolute Gasteiger partial charge is 0.266 e. The zero-order valence-electron chi connectivity index (χ0n) is 27.0. The standard InChI is InChI=1S/C38H40BrN3O6/c1-45-31-19-20-34(46-2)29(26-31)21-23-40-42-37(44)38(22-8-12-27-10-4-3-5-11-27)35(32-13-6-7-14-33(32)39)48-36(41-38)28-15-17-30(18-16-28)47-25-9-24-43/h3-8,10-20,26,35,40,43H,9,21-25H2,1-2H3,(H,42,44)/b12-8+/t35-,38-/m0/s1. The highest BCUT2D eigenvalue weighted by Crippen LogP contribution is 2.45. The first-order valence-corrected chi connectivity index (χ1v) is 16.6. The molecule has 2 atom stereocenters. The van der Waals surface area contributed by atoms with Crippen molar-refractivity contribution in [2.75, 3.05) is 34.0 Å². The van der Waals surface area contributed by atoms with Crippen LogP contribution in [0.3, 0.4) is 0 Å². The summed E-state index contributed by atoms with van der Waals surface area (Å²) in [6.07, 6.45) is 4.59. The SMILES string of the molecule is COc1ccc(OC)c(CCNNC(=O)[C@@]2(C/C=C/c3ccccc3)N=C(c3ccc(OCCCO)cc3)O[C@H]2c2ccccc2Br)c1. The Morgan fingerprint density at radius 3 is 2.46 bits per heavy atom. The van der Waals surface area contributed by atoms with Crippen molar-refractivity contribution >= 4 is 33.8 Å². The Morgan fingerprint density at radius 2 is 1.73 bits per heavy atom. The third-order valence-electron chi connectivity index (χ3n) is 7.97. The van der Waals surface area contributed by atoms with Crippen LogP contribution in [0.2, 0.25) is 0 Å². The topological polar surface area (TPSA) is 111 Å². The molecular weight excluding hydrogens is 674 g/mol. The number of amides is 1. The van der Waals surface area contributed by atoms with Gasteiger partial charge in [0.05, 0.1) is 20.8 Å². The quantitative estimate of drug-likeness (QED) is 0.0904. The summed E-state index contributed by atoms with van der Waals surface area (Å²) in [5.74, 6) is 2.15. The summed E-state index contributed by atoms with van der Waals surface area (Å²) in [5.41, 5.74) is 8.16. The number of hydrogen-bond donors (Lipinski definition) is 3. The molecule has 4 aromatic carbocycles. The Kier molecular flexibility index (Phi) is 12.3. The number of nitrogens with zero attached hydrogens (tertiary/aromatic N) is 1. The lowest BCUT2D eigenvalue weighted by Crippen LogP contribution is -2.52. The molecule has 9 nitrogen and oxygen atoms in total. The first-order valence-electron chi connectivity index (χ1n) is 15.8. The van der Waals surface area contributed by atoms with Crippen LogP contribution >= 0.6 is 15.9 Å². The lowest BCUT2D eigenvalue weighted by molar-refractivity contribution is -0.129. The first-order chi connectivity index (χ1) is 23.5. The molecule has 0 saturated carbocycles. The largest absolute Gasteiger partial charge is 0.497 e. The van der Waals surface area contributed by atoms with E-state index in [2.05, 4.69) is 26.8 Å². The maximum atomic E-state index is 14.4. The maximum Gasteiger partial charge on any atom is 0.266 e. The summed E-state index contributed by atoms with van der Waals surface area (Å²) in [6.45, 7) is 0.901. The van der Waals surface area contributed by atoms with Gasteiger partial charge in [-0.2, -0.15) is 0 Å². The molecule has 0 unspecified atom stereocenters. The summed E-state index contributed by atoms with van der Waals surface area (Å²) in [4.78, 5) is 19.5. The van der Waals surface area contributed by atoms with Gasteiger partial charge < -0.3 is 24.1 Å². The van der Waals surface area contributed by atoms with E-state index >= 15 is 0 Å². The normalized spacial score (nSPS) is 17.1. The third-order valence-corrected chi connectivity index (χ3v) is 8.69. The Labute approximate surface area is 289 Å². The molecule has 0 bridgehead atoms. The minimum Gasteiger partial charge on any atom is -0.497 e. The zero-order chi connectivity index (χ0) is 33.8. The molecule has 0 saturated heterocycles. The van der Waals surface area contributed by atoms with Crippen LogP contribution in [0.15, 0.2) is 113 Å². The summed E-state index contributed by atoms with van der Waals surface area (Å²) < 4.78 is 24.1. The van der Waals surface area contributed by atoms with Crippen molar-refractivity contribution in [2.24, 2.45) is 4.99 Å². The van der Waals surface area contributed by atoms with Gasteiger partial charge in [0, 0.05) is 41.6 Å². The fourth-order valence-electron chi connectivity index (χ4n) is 5.44. The van der Waals surface area contributed by atoms with E-state index in [4.69, 9.17) is 29.0 Å². The number of carbonyl (C=O) groups is 1. The van der Waals surface area contributed by atoms with Crippen LogP contribution in [0, 0.1) is 0 Å². The average molecular weight is 715 g/mol. The Bertz CT molecular complexity index is 1710. The van der Waals surface area contributed by atoms with E-state index in [0.717, 1.165) is 32.7 Å². The fraction of sp³-hybridized carbons (Fsp3) is 0.263. The number of aliphatic hydroxyl groups excluding tert-OH is 1. The second-order valence-electron chi connectivity index (χ2n) is 11.1. The van der Waals surface area contributed by atoms with E-state index in [1.165, 1.54) is 0 Å². The Morgan fingerprint density at radius 1 is 0.979 bits per heavy atom. The van der Waals surface area contributed by atoms with Crippen molar-refractivity contribution in [1.82, 2.24) is 10.9 Å². The molecule has 10 heteroatoms. The molecule has 1 aliphatic rings. The average Bonchev–Trinajstić information content (AvgIpc) is 3.51. The Balaban J connectivity index is 1.45. The lowest BCUT2D eigenvalue weighted by Gasteiger charge is -2.30. The minimum absolute atomic E-state index is 0.0616. The van der Waals surface area contributed by atoms with Gasteiger partial charge in [-0.1, -0.05) is 76.6 Å². The van der Waals surface area contributed by atoms with Gasteiger partial charge in [-0.15, -0.1) is 0 Å². The minimum atomic E-state index is -1.36. The van der Waals surface area contributed by atoms with Gasteiger partial charge in [-0.25, -0.2) is 10.4 Å². The molecule has 0 aromatic heterocycles. The van der Waals surface area contributed by atoms with Gasteiger partial charge in [0.1, 0.15) is 17.2 Å². The number of methoxy groups -OCH3 is 2. The number of hydrogen-bond acceptors (Lipinski definition) is 8. The monoisotopic (exact) mass is 713 g/mol. The van der Waals surface area contributed by atoms with Crippen LogP contribution in [-0.2, 0) is 16.0 Å². The number of ether oxygens (including phenoxy) is 4. The van der Waals surface area contributed by atoms with Crippen LogP contribution in [-0.4, -0.2) is 56.4 Å². The molecule has 3 N–H and O–H groups in total. The van der Waals surface area contributed by atoms with Gasteiger partial charge in [0.25, 0.3) is 5.91 Å². The molecule has 0 radical (unpaired) electrons. The van der Waals surface area contributed by atoms with E-state index < -0.39 is 11.6 Å². The van der Waals surface area contributed by atoms with Crippen molar-refractivity contribution in [3.05, 3.63) is 130 Å². The number of carbonyl (C=O) groups excluding carboxylic acids is 1. The van der Waals surface area contributed by atoms with Crippen LogP contribution in [0.25, 0.3) is 6.08 Å². The summed E-state index contributed by atoms with van der Waals surface area (Å²) in [7, 11) is 3.25. The van der Waals surface area contributed by atoms with Crippen molar-refractivity contribution in [3.8, 4) is 17.2 Å². The van der Waals surface area contributed by atoms with E-state index in [-0.39, 0.29) is 18.9 Å². The lowest BCUT2D eigenvalue weighted by atomic mass is 9.84. The molecular formula is C38H40BrN3O6. The van der Waals surface area contributed by atoms with Crippen LogP contribution < -0.4 is 25.1 Å². The number of nitrogens with one attached hydrogen (secondary N) is 2. The molecule has 0 aliphatic carbocycles. The number of aliphatic hydroxyl groups is 1. The van der Waals surface area contributed by atoms with Gasteiger partial charge in [0.15, 0.2) is 11.6 Å². The van der Waals surface area contributed by atoms with Crippen LogP contribution in [0.1, 0.15) is 41.2 Å². The summed E-state index contributed by atoms with van der Waals surface area (Å²) >= 11 is 3.69. The highest BCUT2D eigenvalue weighted by atomic mass is 79.9. The van der Waals surface area contributed by atoms with Gasteiger partial charge >= 0.3 is 0 Å². The molecule has 48 heavy (non-hydrogen) atoms. The predicted octanol–water partition coefficient (Wildman–Crippen LogP) is 6.45. The van der Waals surface area contributed by atoms with Crippen molar-refractivity contribution in [3.63, 3.8) is 0 Å². The van der Waals surface area contributed by atoms with Gasteiger partial charge in [-0.3, -0.25) is 10.2 Å². The number of benzene rings is 4. The van der Waals surface area contributed by atoms with E-state index in [0.29, 0.717) is 43.2 Å². The maximum absolute atomic E-state index is 14.4. The van der Waals surface area contributed by atoms with E-state index in [9.17, 15) is 4.79 Å². The zero-order valence-corrected chi connectivity index (χ0v) is 28.6. The number of aliphatic imine (C=N–C) groups is 1.